The van der Waals surface area contributed by atoms with E-state index >= 15 is 0 Å². The highest BCUT2D eigenvalue weighted by Gasteiger charge is 2.43. The predicted octanol–water partition coefficient (Wildman–Crippen LogP) is 3.09. The first-order chi connectivity index (χ1) is 7.57. The summed E-state index contributed by atoms with van der Waals surface area (Å²) in [7, 11) is 0. The van der Waals surface area contributed by atoms with Gasteiger partial charge in [-0.1, -0.05) is 17.7 Å². The molecule has 1 aromatic carbocycles. The van der Waals surface area contributed by atoms with Crippen LogP contribution in [-0.4, -0.2) is 11.6 Å². The molecule has 1 aliphatic carbocycles. The second kappa shape index (κ2) is 3.38. The van der Waals surface area contributed by atoms with Crippen LogP contribution in [0.3, 0.4) is 0 Å². The molecule has 0 radical (unpaired) electrons. The molecule has 2 bridgehead atoms. The van der Waals surface area contributed by atoms with Gasteiger partial charge < -0.3 is 10.5 Å². The second-order valence-corrected chi connectivity index (χ2v) is 5.71. The zero-order valence-corrected chi connectivity index (χ0v) is 10.1. The number of hydrogen-bond donors (Lipinski definition) is 1. The van der Waals surface area contributed by atoms with Crippen LogP contribution >= 0.6 is 11.6 Å². The minimum Gasteiger partial charge on any atom is -0.487 e. The molecule has 3 atom stereocenters. The average molecular weight is 238 g/mol. The van der Waals surface area contributed by atoms with Crippen LogP contribution in [0.4, 0.5) is 0 Å². The lowest BCUT2D eigenvalue weighted by molar-refractivity contribution is 0.0137. The Morgan fingerprint density at radius 1 is 1.44 bits per heavy atom. The predicted molar refractivity (Wildman–Crippen MR) is 65.1 cm³/mol. The van der Waals surface area contributed by atoms with Crippen LogP contribution in [0.1, 0.15) is 37.7 Å². The molecule has 3 rings (SSSR count). The summed E-state index contributed by atoms with van der Waals surface area (Å²) in [6, 6.07) is 6.13. The highest BCUT2D eigenvalue weighted by atomic mass is 35.5. The van der Waals surface area contributed by atoms with Gasteiger partial charge in [0.1, 0.15) is 11.4 Å². The molecule has 0 aromatic heterocycles. The van der Waals surface area contributed by atoms with Crippen molar-refractivity contribution in [1.29, 1.82) is 0 Å². The van der Waals surface area contributed by atoms with Crippen molar-refractivity contribution in [2.45, 2.75) is 43.7 Å². The van der Waals surface area contributed by atoms with Crippen LogP contribution in [0.25, 0.3) is 0 Å². The fourth-order valence-corrected chi connectivity index (χ4v) is 3.58. The Kier molecular flexibility index (Phi) is 2.20. The SMILES string of the molecule is CC12CC(C[C@H](N)C1)c1c(Cl)cccc1O2. The molecule has 2 N–H and O–H groups in total. The summed E-state index contributed by atoms with van der Waals surface area (Å²) in [6.45, 7) is 2.16. The number of benzene rings is 1. The van der Waals surface area contributed by atoms with Gasteiger partial charge in [-0.25, -0.2) is 0 Å². The summed E-state index contributed by atoms with van der Waals surface area (Å²) >= 11 is 6.26. The van der Waals surface area contributed by atoms with Crippen molar-refractivity contribution in [3.8, 4) is 5.75 Å². The smallest absolute Gasteiger partial charge is 0.125 e. The van der Waals surface area contributed by atoms with Crippen molar-refractivity contribution in [3.63, 3.8) is 0 Å². The molecular weight excluding hydrogens is 222 g/mol. The highest BCUT2D eigenvalue weighted by Crippen LogP contribution is 2.50. The van der Waals surface area contributed by atoms with E-state index in [1.807, 2.05) is 18.2 Å². The van der Waals surface area contributed by atoms with Gasteiger partial charge in [0.05, 0.1) is 0 Å². The van der Waals surface area contributed by atoms with Gasteiger partial charge in [-0.15, -0.1) is 0 Å². The van der Waals surface area contributed by atoms with Crippen LogP contribution < -0.4 is 10.5 Å². The third kappa shape index (κ3) is 1.52. The Morgan fingerprint density at radius 3 is 3.06 bits per heavy atom. The fourth-order valence-electron chi connectivity index (χ4n) is 3.26. The Bertz CT molecular complexity index is 434. The number of fused-ring (bicyclic) bond motifs is 4. The van der Waals surface area contributed by atoms with Crippen molar-refractivity contribution in [3.05, 3.63) is 28.8 Å². The van der Waals surface area contributed by atoms with E-state index in [1.54, 1.807) is 0 Å². The first kappa shape index (κ1) is 10.4. The number of halogens is 1. The van der Waals surface area contributed by atoms with Crippen LogP contribution in [0.2, 0.25) is 5.02 Å². The van der Waals surface area contributed by atoms with E-state index in [0.717, 1.165) is 35.6 Å². The maximum absolute atomic E-state index is 6.26. The van der Waals surface area contributed by atoms with E-state index in [2.05, 4.69) is 6.92 Å². The molecule has 2 aliphatic rings. The summed E-state index contributed by atoms with van der Waals surface area (Å²) < 4.78 is 6.08. The quantitative estimate of drug-likeness (QED) is 0.753. The first-order valence-corrected chi connectivity index (χ1v) is 6.18. The minimum absolute atomic E-state index is 0.0972. The Hall–Kier alpha value is -0.730. The fraction of sp³-hybridized carbons (Fsp3) is 0.538. The van der Waals surface area contributed by atoms with E-state index < -0.39 is 0 Å². The molecule has 1 saturated carbocycles. The summed E-state index contributed by atoms with van der Waals surface area (Å²) in [5.41, 5.74) is 7.16. The van der Waals surface area contributed by atoms with E-state index in [1.165, 1.54) is 0 Å². The molecule has 16 heavy (non-hydrogen) atoms. The summed E-state index contributed by atoms with van der Waals surface area (Å²) in [5.74, 6) is 1.42. The standard InChI is InChI=1S/C13H16ClNO/c1-13-6-8(5-9(15)7-13)12-10(14)3-2-4-11(12)16-13/h2-4,8-9H,5-7,15H2,1H3/t8?,9-,13?/m0/s1. The minimum atomic E-state index is -0.0972. The average Bonchev–Trinajstić information content (AvgIpc) is 2.14. The van der Waals surface area contributed by atoms with Crippen molar-refractivity contribution < 1.29 is 4.74 Å². The topological polar surface area (TPSA) is 35.2 Å². The summed E-state index contributed by atoms with van der Waals surface area (Å²) in [5, 5.41) is 0.818. The Balaban J connectivity index is 2.11. The molecule has 1 aliphatic heterocycles. The largest absolute Gasteiger partial charge is 0.487 e. The molecule has 0 spiro atoms. The highest BCUT2D eigenvalue weighted by molar-refractivity contribution is 6.31. The Morgan fingerprint density at radius 2 is 2.25 bits per heavy atom. The molecule has 2 unspecified atom stereocenters. The monoisotopic (exact) mass is 237 g/mol. The van der Waals surface area contributed by atoms with Crippen molar-refractivity contribution in [1.82, 2.24) is 0 Å². The van der Waals surface area contributed by atoms with Crippen LogP contribution in [0.15, 0.2) is 18.2 Å². The summed E-state index contributed by atoms with van der Waals surface area (Å²) in [4.78, 5) is 0. The first-order valence-electron chi connectivity index (χ1n) is 5.80. The lowest BCUT2D eigenvalue weighted by Crippen LogP contribution is -2.48. The third-order valence-corrected chi connectivity index (χ3v) is 4.07. The number of ether oxygens (including phenoxy) is 1. The molecule has 0 amide bonds. The second-order valence-electron chi connectivity index (χ2n) is 5.30. The van der Waals surface area contributed by atoms with Gasteiger partial charge in [-0.3, -0.25) is 0 Å². The van der Waals surface area contributed by atoms with Crippen molar-refractivity contribution >= 4 is 11.6 Å². The molecular formula is C13H16ClNO. The molecule has 1 aromatic rings. The summed E-state index contributed by atoms with van der Waals surface area (Å²) in [6.07, 6.45) is 3.00. The number of rotatable bonds is 0. The van der Waals surface area contributed by atoms with Gasteiger partial charge in [0, 0.05) is 23.0 Å². The van der Waals surface area contributed by atoms with Crippen LogP contribution in [0, 0.1) is 0 Å². The van der Waals surface area contributed by atoms with E-state index in [4.69, 9.17) is 22.1 Å². The van der Waals surface area contributed by atoms with E-state index in [-0.39, 0.29) is 11.6 Å². The zero-order chi connectivity index (χ0) is 11.3. The van der Waals surface area contributed by atoms with Gasteiger partial charge in [-0.2, -0.15) is 0 Å². The molecule has 1 fully saturated rings. The van der Waals surface area contributed by atoms with Gasteiger partial charge in [0.15, 0.2) is 0 Å². The van der Waals surface area contributed by atoms with Gasteiger partial charge >= 0.3 is 0 Å². The van der Waals surface area contributed by atoms with Crippen LogP contribution in [-0.2, 0) is 0 Å². The lowest BCUT2D eigenvalue weighted by atomic mass is 9.72. The molecule has 86 valence electrons. The molecule has 2 nitrogen and oxygen atoms in total. The van der Waals surface area contributed by atoms with E-state index in [9.17, 15) is 0 Å². The van der Waals surface area contributed by atoms with Crippen molar-refractivity contribution in [2.75, 3.05) is 0 Å². The Labute approximate surface area is 101 Å². The normalized spacial score (nSPS) is 36.4. The van der Waals surface area contributed by atoms with Crippen LogP contribution in [0.5, 0.6) is 5.75 Å². The number of nitrogens with two attached hydrogens (primary N) is 1. The number of hydrogen-bond acceptors (Lipinski definition) is 2. The molecule has 0 saturated heterocycles. The van der Waals surface area contributed by atoms with Gasteiger partial charge in [0.25, 0.3) is 0 Å². The maximum Gasteiger partial charge on any atom is 0.125 e. The molecule has 3 heteroatoms. The van der Waals surface area contributed by atoms with Gasteiger partial charge in [-0.05, 0) is 37.8 Å². The zero-order valence-electron chi connectivity index (χ0n) is 9.37. The van der Waals surface area contributed by atoms with Crippen molar-refractivity contribution in [2.24, 2.45) is 5.73 Å². The maximum atomic E-state index is 6.26. The van der Waals surface area contributed by atoms with E-state index in [0.29, 0.717) is 5.92 Å². The van der Waals surface area contributed by atoms with Gasteiger partial charge in [0.2, 0.25) is 0 Å². The third-order valence-electron chi connectivity index (χ3n) is 3.74. The molecule has 1 heterocycles. The lowest BCUT2D eigenvalue weighted by Gasteiger charge is -2.46.